The highest BCUT2D eigenvalue weighted by Crippen LogP contribution is 2.40. The number of amides is 1. The van der Waals surface area contributed by atoms with Crippen LogP contribution >= 0.6 is 0 Å². The van der Waals surface area contributed by atoms with Crippen LogP contribution in [0.1, 0.15) is 148 Å². The number of allylic oxidation sites excluding steroid dienone is 1. The largest absolute Gasteiger partial charge is 0.481 e. The third-order valence-electron chi connectivity index (χ3n) is 14.0. The minimum Gasteiger partial charge on any atom is -0.481 e. The monoisotopic (exact) mass is 906 g/mol. The van der Waals surface area contributed by atoms with Gasteiger partial charge in [0.05, 0.1) is 29.1 Å². The number of Topliss-reactive ketones (excluding diaryl/α,β-unsaturated/α-hetero) is 1. The van der Waals surface area contributed by atoms with Gasteiger partial charge in [0.1, 0.15) is 5.78 Å². The van der Waals surface area contributed by atoms with Gasteiger partial charge in [0.25, 0.3) is 0 Å². The van der Waals surface area contributed by atoms with E-state index in [-0.39, 0.29) is 41.1 Å². The summed E-state index contributed by atoms with van der Waals surface area (Å²) < 4.78 is 0. The molecule has 0 aromatic heterocycles. The lowest BCUT2D eigenvalue weighted by molar-refractivity contribution is -0.143. The Morgan fingerprint density at radius 3 is 1.77 bits per heavy atom. The van der Waals surface area contributed by atoms with Gasteiger partial charge in [0.2, 0.25) is 5.91 Å². The summed E-state index contributed by atoms with van der Waals surface area (Å²) in [6.07, 6.45) is 8.06. The van der Waals surface area contributed by atoms with Gasteiger partial charge in [0.15, 0.2) is 0 Å². The standard InChI is InChI=1S/C12H22O3.C11H18N2O.C11H23NO.C10H19NO2.C8H17N/c1-8(2)11(13)7-9-4-3-5-10(6-9)12(14)15;1-8(2)5-13-6-11(7-13)4-9(3)12-10(11)14;1-9(2)11(13)8-12-6-4-5-10(3)7-12;1-8(2)10(13)6-11(7-10)5-4-9(3)12;1-7(2)4-9-5-8(3)6-9/h8-11,13H,3-7H2,1-2H3,(H,14,15);8H,3-7H2,1-2H3,(H,12,14);9-11,13H,4-8H2,1-3H3;8,13H,4-7H2,1-3H3;7-8H,4-6H2,1-3H3. The lowest BCUT2D eigenvalue weighted by atomic mass is 9.77. The van der Waals surface area contributed by atoms with Gasteiger partial charge in [0, 0.05) is 90.5 Å². The van der Waals surface area contributed by atoms with Crippen LogP contribution in [0, 0.1) is 58.7 Å². The number of carbonyl (C=O) groups is 3. The fourth-order valence-corrected chi connectivity index (χ4v) is 9.87. The van der Waals surface area contributed by atoms with Gasteiger partial charge < -0.3 is 40.4 Å². The fraction of sp³-hybridized carbons (Fsp3) is 0.904. The molecule has 0 aromatic carbocycles. The molecule has 6 fully saturated rings. The number of β-amino-alcohol motifs (C(OH)–C–C–N with tert-alkyl or cyclic N) is 2. The second-order valence-electron chi connectivity index (χ2n) is 23.1. The van der Waals surface area contributed by atoms with Crippen molar-refractivity contribution in [3.63, 3.8) is 0 Å². The van der Waals surface area contributed by atoms with E-state index in [1.165, 1.54) is 45.6 Å². The topological polar surface area (TPSA) is 157 Å². The molecular formula is C52H99N5O7. The fourth-order valence-electron chi connectivity index (χ4n) is 9.87. The number of carboxylic acid groups (broad SMARTS) is 1. The Balaban J connectivity index is 0.000000277. The van der Waals surface area contributed by atoms with Gasteiger partial charge in [-0.1, -0.05) is 103 Å². The van der Waals surface area contributed by atoms with E-state index in [1.807, 2.05) is 27.7 Å². The summed E-state index contributed by atoms with van der Waals surface area (Å²) in [4.78, 5) is 42.6. The molecule has 12 heteroatoms. The molecule has 5 heterocycles. The number of hydrogen-bond donors (Lipinski definition) is 5. The van der Waals surface area contributed by atoms with Crippen LogP contribution in [0.2, 0.25) is 0 Å². The van der Waals surface area contributed by atoms with E-state index in [9.17, 15) is 29.7 Å². The minimum absolute atomic E-state index is 0.119. The minimum atomic E-state index is -0.668. The van der Waals surface area contributed by atoms with Crippen molar-refractivity contribution >= 4 is 17.7 Å². The Morgan fingerprint density at radius 2 is 1.31 bits per heavy atom. The second kappa shape index (κ2) is 27.8. The van der Waals surface area contributed by atoms with Gasteiger partial charge in [-0.15, -0.1) is 0 Å². The number of nitrogens with one attached hydrogen (secondary N) is 1. The summed E-state index contributed by atoms with van der Waals surface area (Å²) >= 11 is 0. The summed E-state index contributed by atoms with van der Waals surface area (Å²) in [5, 5.41) is 41.1. The Labute approximate surface area is 391 Å². The lowest BCUT2D eigenvalue weighted by Gasteiger charge is -2.49. The smallest absolute Gasteiger partial charge is 0.306 e. The van der Waals surface area contributed by atoms with E-state index in [1.54, 1.807) is 6.92 Å². The zero-order chi connectivity index (χ0) is 48.5. The highest BCUT2D eigenvalue weighted by molar-refractivity contribution is 5.89. The number of piperidine rings is 1. The summed E-state index contributed by atoms with van der Waals surface area (Å²) in [5.74, 6) is 4.23. The van der Waals surface area contributed by atoms with E-state index in [0.29, 0.717) is 30.1 Å². The normalized spacial score (nSPS) is 25.7. The van der Waals surface area contributed by atoms with E-state index in [0.717, 1.165) is 108 Å². The molecule has 1 amide bonds. The predicted octanol–water partition coefficient (Wildman–Crippen LogP) is 7.26. The highest BCUT2D eigenvalue weighted by Gasteiger charge is 2.52. The SMILES string of the molecule is C=C1CC2(CN(CC(C)C)C2)C(=O)N1.CC(=O)CCN1CC(O)(C(C)C)C1.CC(C)C(O)CC1CCCC(C(=O)O)C1.CC(C)CN1CC(C)C1.CC1CCCN(CC(O)C(C)C)C1. The molecule has 0 bridgehead atoms. The molecule has 12 nitrogen and oxygen atoms in total. The zero-order valence-corrected chi connectivity index (χ0v) is 43.2. The van der Waals surface area contributed by atoms with E-state index in [4.69, 9.17) is 5.11 Å². The Bertz CT molecular complexity index is 1390. The van der Waals surface area contributed by atoms with E-state index in [2.05, 4.69) is 86.9 Å². The van der Waals surface area contributed by atoms with Crippen molar-refractivity contribution < 1.29 is 34.8 Å². The van der Waals surface area contributed by atoms with Crippen LogP contribution in [0.15, 0.2) is 12.3 Å². The molecule has 5 unspecified atom stereocenters. The average Bonchev–Trinajstić information content (AvgIpc) is 3.45. The first-order chi connectivity index (χ1) is 29.7. The first-order valence-electron chi connectivity index (χ1n) is 25.4. The van der Waals surface area contributed by atoms with Crippen LogP contribution in [0.5, 0.6) is 0 Å². The molecule has 6 aliphatic rings. The number of likely N-dealkylation sites (tertiary alicyclic amines) is 4. The molecule has 5 saturated heterocycles. The molecule has 5 N–H and O–H groups in total. The number of aliphatic hydroxyl groups is 3. The summed E-state index contributed by atoms with van der Waals surface area (Å²) in [6.45, 7) is 43.6. The second-order valence-corrected chi connectivity index (χ2v) is 23.1. The number of aliphatic carboxylic acids is 1. The number of carbonyl (C=O) groups excluding carboxylic acids is 2. The molecular weight excluding hydrogens is 807 g/mol. The first kappa shape index (κ1) is 58.2. The van der Waals surface area contributed by atoms with Crippen molar-refractivity contribution in [2.75, 3.05) is 78.5 Å². The van der Waals surface area contributed by atoms with Crippen molar-refractivity contribution in [2.45, 2.75) is 166 Å². The van der Waals surface area contributed by atoms with Gasteiger partial charge in [-0.3, -0.25) is 19.3 Å². The summed E-state index contributed by atoms with van der Waals surface area (Å²) in [5.41, 5.74) is 0.266. The van der Waals surface area contributed by atoms with Crippen LogP contribution in [0.3, 0.4) is 0 Å². The molecule has 0 aromatic rings. The summed E-state index contributed by atoms with van der Waals surface area (Å²) in [7, 11) is 0. The Morgan fingerprint density at radius 1 is 0.750 bits per heavy atom. The Kier molecular flexibility index (Phi) is 25.3. The van der Waals surface area contributed by atoms with E-state index >= 15 is 0 Å². The van der Waals surface area contributed by atoms with Crippen molar-refractivity contribution in [1.29, 1.82) is 0 Å². The van der Waals surface area contributed by atoms with E-state index < -0.39 is 11.6 Å². The number of carboxylic acids is 1. The molecule has 374 valence electrons. The Hall–Kier alpha value is -1.93. The zero-order valence-electron chi connectivity index (χ0n) is 43.2. The van der Waals surface area contributed by atoms with Gasteiger partial charge in [-0.05, 0) is 92.9 Å². The number of hydrogen-bond acceptors (Lipinski definition) is 10. The van der Waals surface area contributed by atoms with Crippen molar-refractivity contribution in [1.82, 2.24) is 24.9 Å². The van der Waals surface area contributed by atoms with Crippen molar-refractivity contribution in [2.24, 2.45) is 58.7 Å². The first-order valence-corrected chi connectivity index (χ1v) is 25.4. The van der Waals surface area contributed by atoms with Gasteiger partial charge in [-0.2, -0.15) is 0 Å². The molecule has 6 rings (SSSR count). The van der Waals surface area contributed by atoms with Crippen LogP contribution in [0.4, 0.5) is 0 Å². The van der Waals surface area contributed by atoms with Crippen molar-refractivity contribution in [3.05, 3.63) is 12.3 Å². The van der Waals surface area contributed by atoms with Crippen LogP contribution < -0.4 is 5.32 Å². The van der Waals surface area contributed by atoms with Gasteiger partial charge >= 0.3 is 5.97 Å². The molecule has 0 radical (unpaired) electrons. The number of aliphatic hydroxyl groups excluding tert-OH is 2. The molecule has 1 spiro atoms. The quantitative estimate of drug-likeness (QED) is 0.113. The number of rotatable bonds is 15. The third kappa shape index (κ3) is 20.9. The molecule has 5 atom stereocenters. The highest BCUT2D eigenvalue weighted by atomic mass is 16.4. The molecule has 1 aliphatic carbocycles. The maximum absolute atomic E-state index is 11.6. The number of nitrogens with zero attached hydrogens (tertiary/aromatic N) is 4. The van der Waals surface area contributed by atoms with Crippen LogP contribution in [-0.2, 0) is 14.4 Å². The van der Waals surface area contributed by atoms with Crippen LogP contribution in [-0.4, -0.2) is 154 Å². The number of ketones is 1. The summed E-state index contributed by atoms with van der Waals surface area (Å²) in [6, 6.07) is 0. The van der Waals surface area contributed by atoms with Gasteiger partial charge in [-0.25, -0.2) is 0 Å². The third-order valence-corrected chi connectivity index (χ3v) is 14.0. The maximum atomic E-state index is 11.6. The maximum Gasteiger partial charge on any atom is 0.306 e. The molecule has 1 saturated carbocycles. The predicted molar refractivity (Wildman–Crippen MR) is 262 cm³/mol. The van der Waals surface area contributed by atoms with Crippen molar-refractivity contribution in [3.8, 4) is 0 Å². The van der Waals surface area contributed by atoms with Crippen LogP contribution in [0.25, 0.3) is 0 Å². The average molecular weight is 906 g/mol. The molecule has 5 aliphatic heterocycles. The molecule has 64 heavy (non-hydrogen) atoms. The lowest BCUT2D eigenvalue weighted by Crippen LogP contribution is -2.64.